The summed E-state index contributed by atoms with van der Waals surface area (Å²) < 4.78 is 5.31. The second-order valence-electron chi connectivity index (χ2n) is 7.14. The summed E-state index contributed by atoms with van der Waals surface area (Å²) >= 11 is 0. The maximum absolute atomic E-state index is 12.2. The van der Waals surface area contributed by atoms with E-state index in [0.717, 1.165) is 6.42 Å². The molecule has 0 aromatic heterocycles. The first-order valence-corrected chi connectivity index (χ1v) is 7.45. The zero-order valence-electron chi connectivity index (χ0n) is 14.0. The first-order chi connectivity index (χ1) is 9.48. The fourth-order valence-electron chi connectivity index (χ4n) is 2.31. The molecule has 122 valence electrons. The van der Waals surface area contributed by atoms with Gasteiger partial charge in [0.1, 0.15) is 11.6 Å². The number of rotatable bonds is 3. The number of carboxylic acid groups (broad SMARTS) is 1. The van der Waals surface area contributed by atoms with Gasteiger partial charge in [0.2, 0.25) is 0 Å². The van der Waals surface area contributed by atoms with Gasteiger partial charge in [-0.2, -0.15) is 0 Å². The normalized spacial score (nSPS) is 21.2. The van der Waals surface area contributed by atoms with Crippen LogP contribution in [0.25, 0.3) is 0 Å². The SMILES string of the molecule is CCC(C)(C)N1CCN(C(=O)OC(C)(C)C)C(C(=O)O)C1. The number of hydrogen-bond donors (Lipinski definition) is 1. The molecule has 1 rings (SSSR count). The zero-order chi connectivity index (χ0) is 16.4. The topological polar surface area (TPSA) is 70.1 Å². The van der Waals surface area contributed by atoms with E-state index in [1.54, 1.807) is 20.8 Å². The standard InChI is InChI=1S/C15H28N2O4/c1-7-15(5,6)16-8-9-17(11(10-16)12(18)19)13(20)21-14(2,3)4/h11H,7-10H2,1-6H3,(H,18,19). The summed E-state index contributed by atoms with van der Waals surface area (Å²) in [6.07, 6.45) is 0.370. The van der Waals surface area contributed by atoms with Crippen molar-refractivity contribution in [2.75, 3.05) is 19.6 Å². The van der Waals surface area contributed by atoms with E-state index in [1.165, 1.54) is 4.90 Å². The van der Waals surface area contributed by atoms with Crippen molar-refractivity contribution >= 4 is 12.1 Å². The lowest BCUT2D eigenvalue weighted by atomic mass is 9.96. The quantitative estimate of drug-likeness (QED) is 0.865. The van der Waals surface area contributed by atoms with Crippen LogP contribution < -0.4 is 0 Å². The smallest absolute Gasteiger partial charge is 0.411 e. The molecule has 6 nitrogen and oxygen atoms in total. The van der Waals surface area contributed by atoms with Gasteiger partial charge in [-0.25, -0.2) is 9.59 Å². The Morgan fingerprint density at radius 1 is 1.19 bits per heavy atom. The Morgan fingerprint density at radius 2 is 1.76 bits per heavy atom. The molecule has 0 aromatic carbocycles. The Morgan fingerprint density at radius 3 is 2.19 bits per heavy atom. The molecular formula is C15H28N2O4. The monoisotopic (exact) mass is 300 g/mol. The molecule has 6 heteroatoms. The third kappa shape index (κ3) is 4.59. The van der Waals surface area contributed by atoms with Crippen LogP contribution in [0, 0.1) is 0 Å². The Hall–Kier alpha value is -1.30. The highest BCUT2D eigenvalue weighted by molar-refractivity contribution is 5.80. The molecule has 0 aromatic rings. The van der Waals surface area contributed by atoms with Crippen LogP contribution in [0.1, 0.15) is 48.0 Å². The van der Waals surface area contributed by atoms with Crippen LogP contribution in [-0.2, 0) is 9.53 Å². The third-order valence-electron chi connectivity index (χ3n) is 4.01. The van der Waals surface area contributed by atoms with Gasteiger partial charge in [0, 0.05) is 25.2 Å². The Bertz CT molecular complexity index is 401. The minimum absolute atomic E-state index is 0.0757. The van der Waals surface area contributed by atoms with Crippen LogP contribution in [0.4, 0.5) is 4.79 Å². The number of carbonyl (C=O) groups excluding carboxylic acids is 1. The van der Waals surface area contributed by atoms with Crippen molar-refractivity contribution < 1.29 is 19.4 Å². The van der Waals surface area contributed by atoms with Crippen LogP contribution >= 0.6 is 0 Å². The van der Waals surface area contributed by atoms with Crippen molar-refractivity contribution in [3.63, 3.8) is 0 Å². The highest BCUT2D eigenvalue weighted by Gasteiger charge is 2.40. The molecule has 0 bridgehead atoms. The lowest BCUT2D eigenvalue weighted by Gasteiger charge is -2.46. The van der Waals surface area contributed by atoms with E-state index >= 15 is 0 Å². The van der Waals surface area contributed by atoms with Gasteiger partial charge in [-0.15, -0.1) is 0 Å². The average molecular weight is 300 g/mol. The Kier molecular flexibility index (Phi) is 5.25. The van der Waals surface area contributed by atoms with Gasteiger partial charge in [0.05, 0.1) is 0 Å². The average Bonchev–Trinajstić information content (AvgIpc) is 2.35. The van der Waals surface area contributed by atoms with E-state index in [0.29, 0.717) is 19.6 Å². The van der Waals surface area contributed by atoms with Crippen molar-refractivity contribution in [1.29, 1.82) is 0 Å². The summed E-state index contributed by atoms with van der Waals surface area (Å²) in [4.78, 5) is 27.2. The van der Waals surface area contributed by atoms with E-state index in [-0.39, 0.29) is 5.54 Å². The molecule has 1 atom stereocenters. The van der Waals surface area contributed by atoms with Crippen molar-refractivity contribution in [2.45, 2.75) is 65.1 Å². The van der Waals surface area contributed by atoms with Gasteiger partial charge in [-0.1, -0.05) is 6.92 Å². The van der Waals surface area contributed by atoms with Crippen molar-refractivity contribution in [3.8, 4) is 0 Å². The van der Waals surface area contributed by atoms with E-state index in [4.69, 9.17) is 4.74 Å². The molecule has 1 saturated heterocycles. The Labute approximate surface area is 127 Å². The van der Waals surface area contributed by atoms with Crippen molar-refractivity contribution in [3.05, 3.63) is 0 Å². The van der Waals surface area contributed by atoms with E-state index in [2.05, 4.69) is 25.7 Å². The second-order valence-corrected chi connectivity index (χ2v) is 7.14. The van der Waals surface area contributed by atoms with Crippen molar-refractivity contribution in [2.24, 2.45) is 0 Å². The minimum atomic E-state index is -0.988. The maximum Gasteiger partial charge on any atom is 0.411 e. The number of nitrogens with zero attached hydrogens (tertiary/aromatic N) is 2. The van der Waals surface area contributed by atoms with E-state index in [9.17, 15) is 14.7 Å². The molecular weight excluding hydrogens is 272 g/mol. The minimum Gasteiger partial charge on any atom is -0.480 e. The maximum atomic E-state index is 12.2. The Balaban J connectivity index is 2.85. The molecule has 1 unspecified atom stereocenters. The molecule has 0 spiro atoms. The van der Waals surface area contributed by atoms with Gasteiger partial charge >= 0.3 is 12.1 Å². The van der Waals surface area contributed by atoms with Gasteiger partial charge in [-0.05, 0) is 41.0 Å². The lowest BCUT2D eigenvalue weighted by Crippen LogP contribution is -2.62. The number of aliphatic carboxylic acids is 1. The number of carbonyl (C=O) groups is 2. The predicted molar refractivity (Wildman–Crippen MR) is 80.3 cm³/mol. The van der Waals surface area contributed by atoms with Crippen LogP contribution in [-0.4, -0.2) is 63.8 Å². The zero-order valence-corrected chi connectivity index (χ0v) is 14.0. The summed E-state index contributed by atoms with van der Waals surface area (Å²) in [6, 6.07) is -0.862. The highest BCUT2D eigenvalue weighted by atomic mass is 16.6. The fraction of sp³-hybridized carbons (Fsp3) is 0.867. The number of amides is 1. The molecule has 1 amide bonds. The summed E-state index contributed by atoms with van der Waals surface area (Å²) in [5.41, 5.74) is -0.701. The largest absolute Gasteiger partial charge is 0.480 e. The van der Waals surface area contributed by atoms with Crippen LogP contribution in [0.3, 0.4) is 0 Å². The van der Waals surface area contributed by atoms with Crippen molar-refractivity contribution in [1.82, 2.24) is 9.80 Å². The summed E-state index contributed by atoms with van der Waals surface area (Å²) in [6.45, 7) is 12.9. The van der Waals surface area contributed by atoms with E-state index < -0.39 is 23.7 Å². The third-order valence-corrected chi connectivity index (χ3v) is 4.01. The van der Waals surface area contributed by atoms with Gasteiger partial charge in [0.25, 0.3) is 0 Å². The number of piperazine rings is 1. The van der Waals surface area contributed by atoms with Crippen LogP contribution in [0.15, 0.2) is 0 Å². The molecule has 0 aliphatic carbocycles. The summed E-state index contributed by atoms with van der Waals surface area (Å²) in [5, 5.41) is 9.44. The molecule has 1 fully saturated rings. The lowest BCUT2D eigenvalue weighted by molar-refractivity contribution is -0.146. The number of hydrogen-bond acceptors (Lipinski definition) is 4. The summed E-state index contributed by atoms with van der Waals surface area (Å²) in [7, 11) is 0. The molecule has 1 heterocycles. The molecule has 0 radical (unpaired) electrons. The first kappa shape index (κ1) is 17.8. The van der Waals surface area contributed by atoms with Gasteiger partial charge in [-0.3, -0.25) is 9.80 Å². The molecule has 0 saturated carbocycles. The first-order valence-electron chi connectivity index (χ1n) is 7.45. The molecule has 1 aliphatic rings. The van der Waals surface area contributed by atoms with E-state index in [1.807, 2.05) is 0 Å². The molecule has 1 aliphatic heterocycles. The summed E-state index contributed by atoms with van der Waals surface area (Å²) in [5.74, 6) is -0.988. The fourth-order valence-corrected chi connectivity index (χ4v) is 2.31. The van der Waals surface area contributed by atoms with Crippen LogP contribution in [0.5, 0.6) is 0 Å². The van der Waals surface area contributed by atoms with Gasteiger partial charge < -0.3 is 9.84 Å². The number of ether oxygens (including phenoxy) is 1. The molecule has 21 heavy (non-hydrogen) atoms. The second kappa shape index (κ2) is 6.22. The van der Waals surface area contributed by atoms with Crippen LogP contribution in [0.2, 0.25) is 0 Å². The molecule has 1 N–H and O–H groups in total. The predicted octanol–water partition coefficient (Wildman–Crippen LogP) is 2.18. The highest BCUT2D eigenvalue weighted by Crippen LogP contribution is 2.24. The van der Waals surface area contributed by atoms with Gasteiger partial charge in [0.15, 0.2) is 0 Å². The number of carboxylic acids is 1.